The number of amides is 1. The number of hydrogen-bond donors (Lipinski definition) is 2. The molecule has 0 saturated heterocycles. The molecule has 2 N–H and O–H groups in total. The number of nitrogens with one attached hydrogen (secondary N) is 1. The highest BCUT2D eigenvalue weighted by molar-refractivity contribution is 8.00. The van der Waals surface area contributed by atoms with Gasteiger partial charge < -0.3 is 10.4 Å². The fraction of sp³-hybridized carbons (Fsp3) is 0.350. The predicted molar refractivity (Wildman–Crippen MR) is 100 cm³/mol. The first-order valence-corrected chi connectivity index (χ1v) is 9.28. The molecule has 0 aliphatic rings. The second kappa shape index (κ2) is 8.64. The molecule has 0 bridgehead atoms. The van der Waals surface area contributed by atoms with Crippen LogP contribution in [0.3, 0.4) is 0 Å². The van der Waals surface area contributed by atoms with Crippen molar-refractivity contribution in [3.05, 3.63) is 65.2 Å². The number of aliphatic hydroxyl groups is 1. The Morgan fingerprint density at radius 2 is 1.81 bits per heavy atom. The lowest BCUT2D eigenvalue weighted by atomic mass is 9.87. The van der Waals surface area contributed by atoms with E-state index >= 15 is 0 Å². The van der Waals surface area contributed by atoms with Gasteiger partial charge in [0.05, 0.1) is 11.9 Å². The molecule has 0 aliphatic heterocycles. The fourth-order valence-electron chi connectivity index (χ4n) is 2.34. The Bertz CT molecular complexity index is 757. The van der Waals surface area contributed by atoms with Crippen LogP contribution in [0.15, 0.2) is 47.4 Å². The molecule has 0 aliphatic carbocycles. The molecule has 2 rings (SSSR count). The largest absolute Gasteiger partial charge is 0.386 e. The maximum absolute atomic E-state index is 13.6. The lowest BCUT2D eigenvalue weighted by molar-refractivity contribution is -0.119. The second-order valence-electron chi connectivity index (χ2n) is 7.05. The van der Waals surface area contributed by atoms with Crippen LogP contribution in [0.1, 0.15) is 38.0 Å². The normalized spacial score (nSPS) is 12.7. The molecule has 2 aromatic rings. The van der Waals surface area contributed by atoms with E-state index in [-0.39, 0.29) is 29.2 Å². The Morgan fingerprint density at radius 3 is 2.38 bits per heavy atom. The molecule has 6 heteroatoms. The maximum Gasteiger partial charge on any atom is 0.230 e. The Balaban J connectivity index is 1.81. The van der Waals surface area contributed by atoms with Gasteiger partial charge in [-0.05, 0) is 29.2 Å². The van der Waals surface area contributed by atoms with Gasteiger partial charge in [0.25, 0.3) is 0 Å². The maximum atomic E-state index is 13.6. The standard InChI is InChI=1S/C20H23F2NO2S/c1-20(2,3)13-4-7-15(8-5-13)26-12-19(25)23-11-18(24)16-9-6-14(21)10-17(16)22/h4-10,18,24H,11-12H2,1-3H3,(H,23,25). The van der Waals surface area contributed by atoms with Crippen molar-refractivity contribution in [1.29, 1.82) is 0 Å². The zero-order valence-corrected chi connectivity index (χ0v) is 15.9. The molecule has 3 nitrogen and oxygen atoms in total. The van der Waals surface area contributed by atoms with Gasteiger partial charge in [0.2, 0.25) is 5.91 Å². The van der Waals surface area contributed by atoms with Gasteiger partial charge in [0.15, 0.2) is 0 Å². The summed E-state index contributed by atoms with van der Waals surface area (Å²) >= 11 is 1.38. The van der Waals surface area contributed by atoms with Crippen molar-refractivity contribution < 1.29 is 18.7 Å². The van der Waals surface area contributed by atoms with Crippen LogP contribution in [0.25, 0.3) is 0 Å². The minimum Gasteiger partial charge on any atom is -0.386 e. The van der Waals surface area contributed by atoms with Crippen LogP contribution in [-0.2, 0) is 10.2 Å². The fourth-order valence-corrected chi connectivity index (χ4v) is 3.07. The van der Waals surface area contributed by atoms with Gasteiger partial charge in [-0.3, -0.25) is 4.79 Å². The summed E-state index contributed by atoms with van der Waals surface area (Å²) in [6, 6.07) is 11.0. The van der Waals surface area contributed by atoms with Crippen LogP contribution < -0.4 is 5.32 Å². The topological polar surface area (TPSA) is 49.3 Å². The monoisotopic (exact) mass is 379 g/mol. The van der Waals surface area contributed by atoms with E-state index in [1.807, 2.05) is 24.3 Å². The smallest absolute Gasteiger partial charge is 0.230 e. The molecule has 0 fully saturated rings. The molecule has 2 aromatic carbocycles. The minimum atomic E-state index is -1.23. The zero-order valence-electron chi connectivity index (χ0n) is 15.1. The summed E-state index contributed by atoms with van der Waals surface area (Å²) in [6.45, 7) is 6.28. The molecule has 0 heterocycles. The van der Waals surface area contributed by atoms with E-state index in [0.717, 1.165) is 11.0 Å². The zero-order chi connectivity index (χ0) is 19.3. The van der Waals surface area contributed by atoms with Crippen molar-refractivity contribution in [3.8, 4) is 0 Å². The number of thioether (sulfide) groups is 1. The van der Waals surface area contributed by atoms with Crippen molar-refractivity contribution in [2.75, 3.05) is 12.3 Å². The summed E-state index contributed by atoms with van der Waals surface area (Å²) in [4.78, 5) is 12.9. The molecule has 0 saturated carbocycles. The van der Waals surface area contributed by atoms with E-state index in [2.05, 4.69) is 26.1 Å². The molecule has 0 aromatic heterocycles. The highest BCUT2D eigenvalue weighted by Crippen LogP contribution is 2.25. The van der Waals surface area contributed by atoms with Gasteiger partial charge in [-0.1, -0.05) is 39.0 Å². The molecule has 0 radical (unpaired) electrons. The molecular weight excluding hydrogens is 356 g/mol. The van der Waals surface area contributed by atoms with Crippen molar-refractivity contribution in [3.63, 3.8) is 0 Å². The highest BCUT2D eigenvalue weighted by Gasteiger charge is 2.15. The summed E-state index contributed by atoms with van der Waals surface area (Å²) < 4.78 is 26.5. The number of carbonyl (C=O) groups is 1. The van der Waals surface area contributed by atoms with E-state index in [1.54, 1.807) is 0 Å². The average molecular weight is 379 g/mol. The molecule has 1 atom stereocenters. The van der Waals surface area contributed by atoms with Gasteiger partial charge in [-0.15, -0.1) is 11.8 Å². The second-order valence-corrected chi connectivity index (χ2v) is 8.10. The Morgan fingerprint density at radius 1 is 1.15 bits per heavy atom. The number of benzene rings is 2. The first kappa shape index (κ1) is 20.4. The summed E-state index contributed by atoms with van der Waals surface area (Å²) in [6.07, 6.45) is -1.23. The van der Waals surface area contributed by atoms with Crippen LogP contribution in [-0.4, -0.2) is 23.3 Å². The van der Waals surface area contributed by atoms with E-state index in [4.69, 9.17) is 0 Å². The van der Waals surface area contributed by atoms with Gasteiger partial charge in [-0.2, -0.15) is 0 Å². The van der Waals surface area contributed by atoms with Crippen LogP contribution in [0, 0.1) is 11.6 Å². The first-order chi connectivity index (χ1) is 12.2. The Labute approximate surface area is 156 Å². The Kier molecular flexibility index (Phi) is 6.78. The highest BCUT2D eigenvalue weighted by atomic mass is 32.2. The van der Waals surface area contributed by atoms with E-state index in [9.17, 15) is 18.7 Å². The number of halogens is 2. The first-order valence-electron chi connectivity index (χ1n) is 8.30. The molecule has 0 spiro atoms. The lowest BCUT2D eigenvalue weighted by Crippen LogP contribution is -2.30. The number of rotatable bonds is 6. The van der Waals surface area contributed by atoms with Gasteiger partial charge >= 0.3 is 0 Å². The molecule has 1 amide bonds. The molecule has 26 heavy (non-hydrogen) atoms. The number of hydrogen-bond acceptors (Lipinski definition) is 3. The van der Waals surface area contributed by atoms with Gasteiger partial charge in [-0.25, -0.2) is 8.78 Å². The SMILES string of the molecule is CC(C)(C)c1ccc(SCC(=O)NCC(O)c2ccc(F)cc2F)cc1. The third-order valence-electron chi connectivity index (χ3n) is 3.90. The van der Waals surface area contributed by atoms with E-state index in [0.29, 0.717) is 6.07 Å². The minimum absolute atomic E-state index is 0.0443. The quantitative estimate of drug-likeness (QED) is 0.740. The summed E-state index contributed by atoms with van der Waals surface area (Å²) in [5, 5.41) is 12.5. The van der Waals surface area contributed by atoms with E-state index in [1.165, 1.54) is 23.4 Å². The van der Waals surface area contributed by atoms with Crippen LogP contribution in [0.2, 0.25) is 0 Å². The number of aliphatic hydroxyl groups excluding tert-OH is 1. The van der Waals surface area contributed by atoms with E-state index < -0.39 is 17.7 Å². The van der Waals surface area contributed by atoms with Crippen LogP contribution in [0.4, 0.5) is 8.78 Å². The van der Waals surface area contributed by atoms with Crippen molar-refractivity contribution in [1.82, 2.24) is 5.32 Å². The molecule has 1 unspecified atom stereocenters. The summed E-state index contributed by atoms with van der Waals surface area (Å²) in [5.41, 5.74) is 1.25. The molecule has 140 valence electrons. The summed E-state index contributed by atoms with van der Waals surface area (Å²) in [5.74, 6) is -1.62. The predicted octanol–water partition coefficient (Wildman–Crippen LogP) is 4.20. The Hall–Kier alpha value is -1.92. The summed E-state index contributed by atoms with van der Waals surface area (Å²) in [7, 11) is 0. The van der Waals surface area contributed by atoms with Crippen molar-refractivity contribution in [2.45, 2.75) is 37.2 Å². The van der Waals surface area contributed by atoms with Crippen LogP contribution in [0.5, 0.6) is 0 Å². The lowest BCUT2D eigenvalue weighted by Gasteiger charge is -2.19. The van der Waals surface area contributed by atoms with Crippen molar-refractivity contribution >= 4 is 17.7 Å². The van der Waals surface area contributed by atoms with Gasteiger partial charge in [0, 0.05) is 23.1 Å². The van der Waals surface area contributed by atoms with Crippen molar-refractivity contribution in [2.24, 2.45) is 0 Å². The third-order valence-corrected chi connectivity index (χ3v) is 4.92. The average Bonchev–Trinajstić information content (AvgIpc) is 2.57. The molecular formula is C20H23F2NO2S. The van der Waals surface area contributed by atoms with Crippen LogP contribution >= 0.6 is 11.8 Å². The third kappa shape index (κ3) is 5.81. The van der Waals surface area contributed by atoms with Gasteiger partial charge in [0.1, 0.15) is 11.6 Å². The number of carbonyl (C=O) groups excluding carboxylic acids is 1.